The lowest BCUT2D eigenvalue weighted by Gasteiger charge is -1.99. The molecule has 0 aliphatic carbocycles. The molecule has 0 aliphatic rings. The molecule has 1 heterocycles. The molecule has 140 valence electrons. The van der Waals surface area contributed by atoms with Crippen LogP contribution in [0.25, 0.3) is 11.6 Å². The van der Waals surface area contributed by atoms with Gasteiger partial charge in [-0.2, -0.15) is 5.26 Å². The summed E-state index contributed by atoms with van der Waals surface area (Å²) in [6, 6.07) is 14.7. The second-order valence-corrected chi connectivity index (χ2v) is 7.23. The molecule has 4 nitrogen and oxygen atoms in total. The van der Waals surface area contributed by atoms with Crippen molar-refractivity contribution in [3.63, 3.8) is 0 Å². The third kappa shape index (κ3) is 3.85. The van der Waals surface area contributed by atoms with E-state index < -0.39 is 11.6 Å². The molecule has 0 fully saturated rings. The predicted octanol–water partition coefficient (Wildman–Crippen LogP) is 2.53. The lowest BCUT2D eigenvalue weighted by molar-refractivity contribution is 0.105. The van der Waals surface area contributed by atoms with Gasteiger partial charge >= 0.3 is 0 Å². The van der Waals surface area contributed by atoms with Crippen LogP contribution in [0.3, 0.4) is 0 Å². The summed E-state index contributed by atoms with van der Waals surface area (Å²) in [5, 5.41) is 9.54. The van der Waals surface area contributed by atoms with Crippen LogP contribution in [0, 0.1) is 17.1 Å². The second kappa shape index (κ2) is 8.15. The Kier molecular flexibility index (Phi) is 5.67. The number of aryl methyl sites for hydroxylation is 1. The summed E-state index contributed by atoms with van der Waals surface area (Å²) in [7, 11) is 1.53. The van der Waals surface area contributed by atoms with E-state index >= 15 is 0 Å². The number of Topliss-reactive ketones (excluding diaryl/α,β-unsaturated/α-hetero) is 1. The van der Waals surface area contributed by atoms with Crippen LogP contribution in [0.4, 0.5) is 4.39 Å². The second-order valence-electron chi connectivity index (χ2n) is 6.20. The van der Waals surface area contributed by atoms with E-state index in [0.717, 1.165) is 35.5 Å². The number of thiazole rings is 1. The lowest BCUT2D eigenvalue weighted by atomic mass is 10.1. The third-order valence-electron chi connectivity index (χ3n) is 4.37. The summed E-state index contributed by atoms with van der Waals surface area (Å²) in [6.07, 6.45) is 2.67. The molecule has 0 atom stereocenters. The Balaban J connectivity index is 2.15. The highest BCUT2D eigenvalue weighted by Crippen LogP contribution is 2.10. The first-order chi connectivity index (χ1) is 13.4. The van der Waals surface area contributed by atoms with Crippen molar-refractivity contribution in [1.82, 2.24) is 4.57 Å². The first-order valence-electron chi connectivity index (χ1n) is 8.65. The number of benzene rings is 2. The van der Waals surface area contributed by atoms with Gasteiger partial charge in [0, 0.05) is 12.6 Å². The van der Waals surface area contributed by atoms with E-state index in [4.69, 9.17) is 0 Å². The van der Waals surface area contributed by atoms with Crippen molar-refractivity contribution < 1.29 is 9.18 Å². The molecule has 0 amide bonds. The van der Waals surface area contributed by atoms with E-state index in [9.17, 15) is 19.2 Å². The van der Waals surface area contributed by atoms with Crippen LogP contribution in [0.5, 0.6) is 0 Å². The van der Waals surface area contributed by atoms with Crippen LogP contribution in [0.15, 0.2) is 53.3 Å². The molecule has 0 bridgehead atoms. The SMILES string of the molecule is CCc1ccc(/C=c2\s/c(=C(/C#N)C(=O)c3ccc(F)cc3)n(C)c2=O)cc1. The van der Waals surface area contributed by atoms with Crippen LogP contribution in [-0.4, -0.2) is 10.4 Å². The molecule has 0 unspecified atom stereocenters. The minimum absolute atomic E-state index is 0.141. The molecule has 3 aromatic rings. The highest BCUT2D eigenvalue weighted by Gasteiger charge is 2.16. The van der Waals surface area contributed by atoms with Gasteiger partial charge in [0.05, 0.1) is 4.53 Å². The van der Waals surface area contributed by atoms with Gasteiger partial charge in [0.25, 0.3) is 5.56 Å². The van der Waals surface area contributed by atoms with Crippen molar-refractivity contribution in [1.29, 1.82) is 5.26 Å². The fraction of sp³-hybridized carbons (Fsp3) is 0.136. The van der Waals surface area contributed by atoms with Gasteiger partial charge in [0.1, 0.15) is 22.1 Å². The maximum atomic E-state index is 13.1. The number of aromatic nitrogens is 1. The summed E-state index contributed by atoms with van der Waals surface area (Å²) in [6.45, 7) is 2.07. The Bertz CT molecular complexity index is 1240. The molecule has 1 aromatic heterocycles. The van der Waals surface area contributed by atoms with Crippen molar-refractivity contribution >= 4 is 28.8 Å². The van der Waals surface area contributed by atoms with Gasteiger partial charge in [0.2, 0.25) is 5.78 Å². The Morgan fingerprint density at radius 3 is 2.39 bits per heavy atom. The summed E-state index contributed by atoms with van der Waals surface area (Å²) < 4.78 is 15.1. The quantitative estimate of drug-likeness (QED) is 0.641. The molecule has 6 heteroatoms. The molecule has 0 radical (unpaired) electrons. The largest absolute Gasteiger partial charge is 0.301 e. The zero-order valence-electron chi connectivity index (χ0n) is 15.4. The van der Waals surface area contributed by atoms with Gasteiger partial charge in [0.15, 0.2) is 0 Å². The summed E-state index contributed by atoms with van der Waals surface area (Å²) >= 11 is 1.09. The topological polar surface area (TPSA) is 62.9 Å². The highest BCUT2D eigenvalue weighted by atomic mass is 32.1. The van der Waals surface area contributed by atoms with E-state index in [0.29, 0.717) is 4.53 Å². The van der Waals surface area contributed by atoms with Crippen LogP contribution >= 0.6 is 11.3 Å². The fourth-order valence-electron chi connectivity index (χ4n) is 2.73. The smallest absolute Gasteiger partial charge is 0.268 e. The van der Waals surface area contributed by atoms with Crippen molar-refractivity contribution in [2.24, 2.45) is 7.05 Å². The molecule has 0 N–H and O–H groups in total. The number of carbonyl (C=O) groups excluding carboxylic acids is 1. The number of rotatable bonds is 4. The zero-order chi connectivity index (χ0) is 20.3. The number of ketones is 1. The number of halogens is 1. The van der Waals surface area contributed by atoms with Crippen LogP contribution in [0.2, 0.25) is 0 Å². The number of nitrogens with zero attached hydrogens (tertiary/aromatic N) is 2. The number of hydrogen-bond donors (Lipinski definition) is 0. The normalized spacial score (nSPS) is 12.6. The summed E-state index contributed by atoms with van der Waals surface area (Å²) in [4.78, 5) is 25.3. The van der Waals surface area contributed by atoms with Crippen LogP contribution in [-0.2, 0) is 13.5 Å². The van der Waals surface area contributed by atoms with E-state index in [1.807, 2.05) is 30.3 Å². The number of carbonyl (C=O) groups is 1. The van der Waals surface area contributed by atoms with Gasteiger partial charge in [-0.05, 0) is 47.9 Å². The Morgan fingerprint density at radius 2 is 1.82 bits per heavy atom. The van der Waals surface area contributed by atoms with E-state index in [2.05, 4.69) is 6.92 Å². The average molecular weight is 392 g/mol. The number of nitriles is 1. The van der Waals surface area contributed by atoms with Crippen molar-refractivity contribution in [2.45, 2.75) is 13.3 Å². The van der Waals surface area contributed by atoms with Gasteiger partial charge < -0.3 is 4.57 Å². The molecule has 28 heavy (non-hydrogen) atoms. The standard InChI is InChI=1S/C22H17FN2O2S/c1-3-14-4-6-15(7-5-14)12-19-21(27)25(2)22(28-19)18(13-24)20(26)16-8-10-17(23)11-9-16/h4-12H,3H2,1-2H3/b19-12-,22-18-. The molecule has 0 saturated heterocycles. The van der Waals surface area contributed by atoms with Crippen molar-refractivity contribution in [3.8, 4) is 6.07 Å². The van der Waals surface area contributed by atoms with Crippen molar-refractivity contribution in [2.75, 3.05) is 0 Å². The first-order valence-corrected chi connectivity index (χ1v) is 9.47. The molecule has 0 spiro atoms. The van der Waals surface area contributed by atoms with E-state index in [1.54, 1.807) is 6.08 Å². The van der Waals surface area contributed by atoms with E-state index in [1.165, 1.54) is 29.3 Å². The highest BCUT2D eigenvalue weighted by molar-refractivity contribution is 7.07. The summed E-state index contributed by atoms with van der Waals surface area (Å²) in [5.41, 5.74) is 1.84. The van der Waals surface area contributed by atoms with E-state index in [-0.39, 0.29) is 21.4 Å². The molecular formula is C22H17FN2O2S. The van der Waals surface area contributed by atoms with Crippen molar-refractivity contribution in [3.05, 3.63) is 90.6 Å². The Labute approximate surface area is 165 Å². The maximum absolute atomic E-state index is 13.1. The monoisotopic (exact) mass is 392 g/mol. The maximum Gasteiger partial charge on any atom is 0.268 e. The van der Waals surface area contributed by atoms with Crippen LogP contribution in [0.1, 0.15) is 28.4 Å². The predicted molar refractivity (Wildman–Crippen MR) is 108 cm³/mol. The fourth-order valence-corrected chi connectivity index (χ4v) is 3.81. The Morgan fingerprint density at radius 1 is 1.18 bits per heavy atom. The molecule has 2 aromatic carbocycles. The minimum Gasteiger partial charge on any atom is -0.301 e. The molecule has 0 aliphatic heterocycles. The average Bonchev–Trinajstić information content (AvgIpc) is 2.98. The zero-order valence-corrected chi connectivity index (χ0v) is 16.2. The molecule has 0 saturated carbocycles. The number of hydrogen-bond acceptors (Lipinski definition) is 4. The minimum atomic E-state index is -0.543. The van der Waals surface area contributed by atoms with Crippen LogP contribution < -0.4 is 14.8 Å². The van der Waals surface area contributed by atoms with Gasteiger partial charge in [-0.25, -0.2) is 4.39 Å². The molecular weight excluding hydrogens is 375 g/mol. The third-order valence-corrected chi connectivity index (χ3v) is 5.56. The lowest BCUT2D eigenvalue weighted by Crippen LogP contribution is -2.30. The van der Waals surface area contributed by atoms with Gasteiger partial charge in [-0.3, -0.25) is 9.59 Å². The Hall–Kier alpha value is -3.30. The van der Waals surface area contributed by atoms with Gasteiger partial charge in [-0.1, -0.05) is 31.2 Å². The first kappa shape index (κ1) is 19.5. The van der Waals surface area contributed by atoms with Gasteiger partial charge in [-0.15, -0.1) is 11.3 Å². The summed E-state index contributed by atoms with van der Waals surface area (Å²) in [5.74, 6) is -1.01. The molecule has 3 rings (SSSR count).